The van der Waals surface area contributed by atoms with Crippen molar-refractivity contribution in [3.63, 3.8) is 0 Å². The first-order valence-electron chi connectivity index (χ1n) is 5.34. The summed E-state index contributed by atoms with van der Waals surface area (Å²) < 4.78 is 0. The Morgan fingerprint density at radius 1 is 1.24 bits per heavy atom. The summed E-state index contributed by atoms with van der Waals surface area (Å²) in [5.74, 6) is -3.50. The maximum absolute atomic E-state index is 11.3. The minimum absolute atomic E-state index is 0.0670. The van der Waals surface area contributed by atoms with Gasteiger partial charge in [0.2, 0.25) is 5.91 Å². The lowest BCUT2D eigenvalue weighted by Crippen LogP contribution is -2.43. The number of carbonyl (C=O) groups excluding carboxylic acids is 1. The van der Waals surface area contributed by atoms with E-state index in [-0.39, 0.29) is 18.0 Å². The van der Waals surface area contributed by atoms with Crippen molar-refractivity contribution in [3.8, 4) is 0 Å². The van der Waals surface area contributed by atoms with Crippen LogP contribution in [0.3, 0.4) is 0 Å². The molecule has 0 aromatic carbocycles. The first-order valence-corrected chi connectivity index (χ1v) is 5.34. The van der Waals surface area contributed by atoms with Crippen LogP contribution in [0.5, 0.6) is 0 Å². The minimum Gasteiger partial charge on any atom is -0.473 e. The Bertz CT molecular complexity index is 272. The van der Waals surface area contributed by atoms with E-state index >= 15 is 0 Å². The van der Waals surface area contributed by atoms with E-state index in [1.54, 1.807) is 0 Å². The highest BCUT2D eigenvalue weighted by molar-refractivity contribution is 6.27. The molecule has 1 heterocycles. The van der Waals surface area contributed by atoms with E-state index in [0.717, 1.165) is 19.4 Å². The van der Waals surface area contributed by atoms with Gasteiger partial charge in [-0.25, -0.2) is 9.59 Å². The number of nitrogens with one attached hydrogen (secondary N) is 2. The average Bonchev–Trinajstić information content (AvgIpc) is 2.69. The molecular weight excluding hydrogens is 228 g/mol. The summed E-state index contributed by atoms with van der Waals surface area (Å²) >= 11 is 0. The summed E-state index contributed by atoms with van der Waals surface area (Å²) in [6.07, 6.45) is 2.11. The van der Waals surface area contributed by atoms with E-state index in [0.29, 0.717) is 0 Å². The quantitative estimate of drug-likeness (QED) is 0.484. The van der Waals surface area contributed by atoms with Crippen molar-refractivity contribution < 1.29 is 24.6 Å². The van der Waals surface area contributed by atoms with Crippen LogP contribution in [0, 0.1) is 0 Å². The zero-order valence-electron chi connectivity index (χ0n) is 9.90. The van der Waals surface area contributed by atoms with Crippen molar-refractivity contribution >= 4 is 17.8 Å². The van der Waals surface area contributed by atoms with E-state index in [4.69, 9.17) is 19.8 Å². The van der Waals surface area contributed by atoms with Gasteiger partial charge in [0.1, 0.15) is 0 Å². The van der Waals surface area contributed by atoms with E-state index in [1.165, 1.54) is 0 Å². The van der Waals surface area contributed by atoms with Crippen molar-refractivity contribution in [1.82, 2.24) is 10.6 Å². The molecule has 0 unspecified atom stereocenters. The zero-order valence-corrected chi connectivity index (χ0v) is 9.90. The second-order valence-corrected chi connectivity index (χ2v) is 3.92. The predicted molar refractivity (Wildman–Crippen MR) is 59.6 cm³/mol. The smallest absolute Gasteiger partial charge is 0.414 e. The third-order valence-electron chi connectivity index (χ3n) is 1.99. The van der Waals surface area contributed by atoms with Crippen molar-refractivity contribution in [1.29, 1.82) is 0 Å². The number of hydrogen-bond acceptors (Lipinski definition) is 4. The number of carbonyl (C=O) groups is 3. The summed E-state index contributed by atoms with van der Waals surface area (Å²) in [5.41, 5.74) is 0. The molecule has 0 spiro atoms. The van der Waals surface area contributed by atoms with Crippen LogP contribution in [0.4, 0.5) is 0 Å². The molecule has 1 atom stereocenters. The van der Waals surface area contributed by atoms with E-state index in [2.05, 4.69) is 10.6 Å². The highest BCUT2D eigenvalue weighted by Gasteiger charge is 2.21. The zero-order chi connectivity index (χ0) is 13.4. The number of hydrogen-bond donors (Lipinski definition) is 4. The van der Waals surface area contributed by atoms with Gasteiger partial charge in [-0.2, -0.15) is 0 Å². The van der Waals surface area contributed by atoms with Gasteiger partial charge >= 0.3 is 11.9 Å². The summed E-state index contributed by atoms with van der Waals surface area (Å²) in [6.45, 7) is 4.94. The highest BCUT2D eigenvalue weighted by Crippen LogP contribution is 2.04. The van der Waals surface area contributed by atoms with E-state index in [1.807, 2.05) is 13.8 Å². The molecule has 1 aliphatic heterocycles. The molecule has 1 rings (SSSR count). The molecule has 0 saturated carbocycles. The van der Waals surface area contributed by atoms with Gasteiger partial charge in [0.05, 0.1) is 6.04 Å². The molecule has 0 bridgehead atoms. The Kier molecular flexibility index (Phi) is 6.88. The predicted octanol–water partition coefficient (Wildman–Crippen LogP) is -0.581. The number of carboxylic acids is 2. The number of aliphatic carboxylic acids is 2. The summed E-state index contributed by atoms with van der Waals surface area (Å²) in [5, 5.41) is 20.8. The molecule has 17 heavy (non-hydrogen) atoms. The van der Waals surface area contributed by atoms with Gasteiger partial charge in [-0.05, 0) is 33.2 Å². The van der Waals surface area contributed by atoms with Crippen molar-refractivity contribution in [2.75, 3.05) is 6.54 Å². The third-order valence-corrected chi connectivity index (χ3v) is 1.99. The van der Waals surface area contributed by atoms with Crippen LogP contribution < -0.4 is 10.6 Å². The lowest BCUT2D eigenvalue weighted by atomic mass is 10.2. The maximum Gasteiger partial charge on any atom is 0.414 e. The Hall–Kier alpha value is -1.63. The molecule has 0 aromatic heterocycles. The molecule has 4 N–H and O–H groups in total. The summed E-state index contributed by atoms with van der Waals surface area (Å²) in [6, 6.07) is 0.322. The second kappa shape index (κ2) is 7.61. The van der Waals surface area contributed by atoms with Gasteiger partial charge in [-0.3, -0.25) is 4.79 Å². The number of amides is 1. The van der Waals surface area contributed by atoms with Crippen LogP contribution in [0.25, 0.3) is 0 Å². The lowest BCUT2D eigenvalue weighted by molar-refractivity contribution is -0.159. The molecule has 7 nitrogen and oxygen atoms in total. The molecule has 1 amide bonds. The monoisotopic (exact) mass is 246 g/mol. The normalized spacial score (nSPS) is 18.2. The Morgan fingerprint density at radius 3 is 2.06 bits per heavy atom. The Morgan fingerprint density at radius 2 is 1.76 bits per heavy atom. The first-order chi connectivity index (χ1) is 7.84. The third kappa shape index (κ3) is 7.29. The molecular formula is C10H18N2O5. The fraction of sp³-hybridized carbons (Fsp3) is 0.700. The van der Waals surface area contributed by atoms with Gasteiger partial charge in [0.15, 0.2) is 0 Å². The van der Waals surface area contributed by atoms with Crippen LogP contribution in [0.2, 0.25) is 0 Å². The van der Waals surface area contributed by atoms with Gasteiger partial charge in [0.25, 0.3) is 0 Å². The number of rotatable bonds is 2. The second-order valence-electron chi connectivity index (χ2n) is 3.92. The van der Waals surface area contributed by atoms with E-state index < -0.39 is 11.9 Å². The van der Waals surface area contributed by atoms with Crippen LogP contribution in [-0.2, 0) is 14.4 Å². The molecule has 0 aromatic rings. The largest absolute Gasteiger partial charge is 0.473 e. The molecule has 0 radical (unpaired) electrons. The SMILES string of the molecule is CC(C)NC(=O)[C@@H]1CCCN1.O=C(O)C(=O)O. The standard InChI is InChI=1S/C8H16N2O.C2H2O4/c1-6(2)10-8(11)7-4-3-5-9-7;3-1(4)2(5)6/h6-7,9H,3-5H2,1-2H3,(H,10,11);(H,3,4)(H,5,6)/t7-;/m0./s1. The van der Waals surface area contributed by atoms with Crippen LogP contribution in [-0.4, -0.2) is 46.7 Å². The van der Waals surface area contributed by atoms with Gasteiger partial charge < -0.3 is 20.8 Å². The number of carboxylic acid groups (broad SMARTS) is 2. The first kappa shape index (κ1) is 15.4. The van der Waals surface area contributed by atoms with Gasteiger partial charge in [-0.15, -0.1) is 0 Å². The Balaban J connectivity index is 0.000000366. The minimum atomic E-state index is -1.82. The van der Waals surface area contributed by atoms with Crippen molar-refractivity contribution in [3.05, 3.63) is 0 Å². The van der Waals surface area contributed by atoms with Crippen LogP contribution in [0.15, 0.2) is 0 Å². The van der Waals surface area contributed by atoms with Gasteiger partial charge in [-0.1, -0.05) is 0 Å². The van der Waals surface area contributed by atoms with Crippen molar-refractivity contribution in [2.24, 2.45) is 0 Å². The Labute approximate surface area is 99.2 Å². The van der Waals surface area contributed by atoms with Crippen LogP contribution in [0.1, 0.15) is 26.7 Å². The molecule has 98 valence electrons. The fourth-order valence-electron chi connectivity index (χ4n) is 1.29. The molecule has 7 heteroatoms. The van der Waals surface area contributed by atoms with E-state index in [9.17, 15) is 4.79 Å². The highest BCUT2D eigenvalue weighted by atomic mass is 16.4. The fourth-order valence-corrected chi connectivity index (χ4v) is 1.29. The molecule has 1 saturated heterocycles. The summed E-state index contributed by atoms with van der Waals surface area (Å²) in [7, 11) is 0. The maximum atomic E-state index is 11.3. The summed E-state index contributed by atoms with van der Waals surface area (Å²) in [4.78, 5) is 29.5. The van der Waals surface area contributed by atoms with Crippen molar-refractivity contribution in [2.45, 2.75) is 38.8 Å². The lowest BCUT2D eigenvalue weighted by Gasteiger charge is -2.13. The molecule has 1 aliphatic rings. The topological polar surface area (TPSA) is 116 Å². The molecule has 0 aliphatic carbocycles. The molecule has 1 fully saturated rings. The average molecular weight is 246 g/mol. The van der Waals surface area contributed by atoms with Crippen LogP contribution >= 0.6 is 0 Å². The van der Waals surface area contributed by atoms with Gasteiger partial charge in [0, 0.05) is 6.04 Å².